The third kappa shape index (κ3) is 4.14. The van der Waals surface area contributed by atoms with Crippen LogP contribution >= 0.6 is 0 Å². The van der Waals surface area contributed by atoms with E-state index in [4.69, 9.17) is 9.47 Å². The Morgan fingerprint density at radius 1 is 1.20 bits per heavy atom. The van der Waals surface area contributed by atoms with E-state index in [0.717, 1.165) is 16.5 Å². The summed E-state index contributed by atoms with van der Waals surface area (Å²) in [6.07, 6.45) is 3.46. The van der Waals surface area contributed by atoms with Crippen molar-refractivity contribution in [2.24, 2.45) is 7.05 Å². The van der Waals surface area contributed by atoms with Crippen LogP contribution in [0.25, 0.3) is 17.0 Å². The Hall–Kier alpha value is -3.78. The maximum absolute atomic E-state index is 13.3. The summed E-state index contributed by atoms with van der Waals surface area (Å²) in [5.74, 6) is 0.595. The molecule has 2 aliphatic rings. The van der Waals surface area contributed by atoms with Gasteiger partial charge in [-0.3, -0.25) is 9.69 Å². The minimum absolute atomic E-state index is 0.105. The van der Waals surface area contributed by atoms with E-state index in [1.54, 1.807) is 24.0 Å². The Morgan fingerprint density at radius 2 is 1.94 bits per heavy atom. The molecule has 0 aliphatic carbocycles. The predicted octanol–water partition coefficient (Wildman–Crippen LogP) is 4.08. The van der Waals surface area contributed by atoms with Gasteiger partial charge in [0.2, 0.25) is 5.78 Å². The van der Waals surface area contributed by atoms with Crippen molar-refractivity contribution in [1.29, 1.82) is 0 Å². The molecular weight excluding hydrogens is 446 g/mol. The summed E-state index contributed by atoms with van der Waals surface area (Å²) in [4.78, 5) is 29.2. The van der Waals surface area contributed by atoms with E-state index in [-0.39, 0.29) is 23.4 Å². The number of Topliss-reactive ketones (excluding diaryl/α,β-unsaturated/α-hetero) is 1. The SMILES string of the molecule is CCOC(=O)N1CCN(Cc2c(O)cc(C)c3c2OC(=Cc2cn(C)c4ccccc24)C3=O)CC1. The number of amides is 1. The first-order valence-corrected chi connectivity index (χ1v) is 11.8. The van der Waals surface area contributed by atoms with Crippen molar-refractivity contribution in [1.82, 2.24) is 14.4 Å². The molecule has 0 radical (unpaired) electrons. The van der Waals surface area contributed by atoms with E-state index in [1.807, 2.05) is 49.0 Å². The number of carbonyl (C=O) groups is 2. The van der Waals surface area contributed by atoms with Gasteiger partial charge in [-0.25, -0.2) is 4.79 Å². The number of phenols is 1. The van der Waals surface area contributed by atoms with E-state index < -0.39 is 0 Å². The minimum atomic E-state index is -0.302. The Morgan fingerprint density at radius 3 is 2.69 bits per heavy atom. The molecule has 8 heteroatoms. The zero-order valence-electron chi connectivity index (χ0n) is 20.2. The first kappa shape index (κ1) is 23.0. The molecule has 0 saturated carbocycles. The molecule has 0 atom stereocenters. The van der Waals surface area contributed by atoms with Crippen LogP contribution in [0.3, 0.4) is 0 Å². The molecule has 0 bridgehead atoms. The van der Waals surface area contributed by atoms with Crippen LogP contribution in [0.4, 0.5) is 4.79 Å². The van der Waals surface area contributed by atoms with Crippen LogP contribution in [0.15, 0.2) is 42.3 Å². The number of carbonyl (C=O) groups excluding carboxylic acids is 2. The number of nitrogens with zero attached hydrogens (tertiary/aromatic N) is 3. The van der Waals surface area contributed by atoms with E-state index in [9.17, 15) is 14.7 Å². The Bertz CT molecular complexity index is 1350. The molecule has 1 saturated heterocycles. The van der Waals surface area contributed by atoms with Crippen LogP contribution in [-0.2, 0) is 18.3 Å². The van der Waals surface area contributed by atoms with Gasteiger partial charge in [0.1, 0.15) is 11.5 Å². The number of para-hydroxylation sites is 1. The Labute approximate surface area is 203 Å². The van der Waals surface area contributed by atoms with Crippen molar-refractivity contribution in [3.63, 3.8) is 0 Å². The van der Waals surface area contributed by atoms with Crippen LogP contribution in [0.1, 0.15) is 34.0 Å². The molecule has 0 spiro atoms. The molecule has 3 aromatic rings. The van der Waals surface area contributed by atoms with Gasteiger partial charge < -0.3 is 24.0 Å². The molecule has 1 amide bonds. The third-order valence-corrected chi connectivity index (χ3v) is 6.72. The Kier molecular flexibility index (Phi) is 5.98. The zero-order valence-corrected chi connectivity index (χ0v) is 20.2. The van der Waals surface area contributed by atoms with Crippen LogP contribution in [-0.4, -0.2) is 64.1 Å². The molecule has 1 N–H and O–H groups in total. The summed E-state index contributed by atoms with van der Waals surface area (Å²) >= 11 is 0. The number of hydrogen-bond donors (Lipinski definition) is 1. The maximum Gasteiger partial charge on any atom is 0.409 e. The highest BCUT2D eigenvalue weighted by Crippen LogP contribution is 2.42. The van der Waals surface area contributed by atoms with Gasteiger partial charge in [0.25, 0.3) is 0 Å². The average molecular weight is 476 g/mol. The number of aryl methyl sites for hydroxylation is 2. The van der Waals surface area contributed by atoms with Crippen molar-refractivity contribution >= 4 is 28.9 Å². The number of fused-ring (bicyclic) bond motifs is 2. The largest absolute Gasteiger partial charge is 0.507 e. The second kappa shape index (κ2) is 9.11. The summed E-state index contributed by atoms with van der Waals surface area (Å²) in [5.41, 5.74) is 3.73. The number of aromatic hydroxyl groups is 1. The van der Waals surface area contributed by atoms with E-state index in [1.165, 1.54) is 0 Å². The van der Waals surface area contributed by atoms with Crippen LogP contribution in [0.2, 0.25) is 0 Å². The molecule has 35 heavy (non-hydrogen) atoms. The number of ketones is 1. The lowest BCUT2D eigenvalue weighted by Gasteiger charge is -2.34. The second-order valence-corrected chi connectivity index (χ2v) is 9.01. The first-order chi connectivity index (χ1) is 16.9. The summed E-state index contributed by atoms with van der Waals surface area (Å²) in [6.45, 7) is 6.71. The second-order valence-electron chi connectivity index (χ2n) is 9.01. The molecule has 2 aromatic carbocycles. The van der Waals surface area contributed by atoms with Gasteiger partial charge in [-0.2, -0.15) is 0 Å². The number of ether oxygens (including phenoxy) is 2. The van der Waals surface area contributed by atoms with Crippen molar-refractivity contribution in [2.75, 3.05) is 32.8 Å². The lowest BCUT2D eigenvalue weighted by atomic mass is 9.99. The molecule has 1 fully saturated rings. The number of benzene rings is 2. The molecule has 3 heterocycles. The number of allylic oxidation sites excluding steroid dienone is 1. The van der Waals surface area contributed by atoms with Crippen LogP contribution in [0.5, 0.6) is 11.5 Å². The Balaban J connectivity index is 1.41. The normalized spacial score (nSPS) is 17.2. The van der Waals surface area contributed by atoms with Crippen LogP contribution in [0, 0.1) is 6.92 Å². The highest BCUT2D eigenvalue weighted by molar-refractivity contribution is 6.16. The maximum atomic E-state index is 13.3. The minimum Gasteiger partial charge on any atom is -0.507 e. The number of aromatic nitrogens is 1. The number of rotatable bonds is 4. The lowest BCUT2D eigenvalue weighted by molar-refractivity contribution is 0.0774. The molecule has 2 aliphatic heterocycles. The molecular formula is C27H29N3O5. The predicted molar refractivity (Wildman–Crippen MR) is 133 cm³/mol. The number of piperazine rings is 1. The van der Waals surface area contributed by atoms with Crippen molar-refractivity contribution < 1.29 is 24.2 Å². The monoisotopic (exact) mass is 475 g/mol. The summed E-state index contributed by atoms with van der Waals surface area (Å²) in [5, 5.41) is 11.8. The summed E-state index contributed by atoms with van der Waals surface area (Å²) in [7, 11) is 1.97. The standard InChI is InChI=1S/C27H29N3O5/c1-4-34-27(33)30-11-9-29(10-12-30)16-20-22(31)13-17(2)24-25(32)23(35-26(20)24)14-18-15-28(3)21-8-6-5-7-19(18)21/h5-8,13-15,31H,4,9-12,16H2,1-3H3. The highest BCUT2D eigenvalue weighted by atomic mass is 16.6. The molecule has 8 nitrogen and oxygen atoms in total. The summed E-state index contributed by atoms with van der Waals surface area (Å²) < 4.78 is 13.3. The molecule has 0 unspecified atom stereocenters. The number of hydrogen-bond acceptors (Lipinski definition) is 6. The number of phenolic OH excluding ortho intramolecular Hbond substituents is 1. The lowest BCUT2D eigenvalue weighted by Crippen LogP contribution is -2.48. The van der Waals surface area contributed by atoms with E-state index >= 15 is 0 Å². The fourth-order valence-corrected chi connectivity index (χ4v) is 4.89. The van der Waals surface area contributed by atoms with E-state index in [2.05, 4.69) is 4.90 Å². The van der Waals surface area contributed by atoms with E-state index in [0.29, 0.717) is 61.8 Å². The average Bonchev–Trinajstić information content (AvgIpc) is 3.34. The first-order valence-electron chi connectivity index (χ1n) is 11.8. The highest BCUT2D eigenvalue weighted by Gasteiger charge is 2.34. The molecule has 5 rings (SSSR count). The topological polar surface area (TPSA) is 84.2 Å². The van der Waals surface area contributed by atoms with Gasteiger partial charge in [0.15, 0.2) is 5.76 Å². The molecule has 1 aromatic heterocycles. The van der Waals surface area contributed by atoms with Crippen molar-refractivity contribution in [2.45, 2.75) is 20.4 Å². The van der Waals surface area contributed by atoms with Crippen molar-refractivity contribution in [3.05, 3.63) is 64.5 Å². The smallest absolute Gasteiger partial charge is 0.409 e. The molecule has 182 valence electrons. The van der Waals surface area contributed by atoms with Crippen molar-refractivity contribution in [3.8, 4) is 11.5 Å². The fraction of sp³-hybridized carbons (Fsp3) is 0.333. The third-order valence-electron chi connectivity index (χ3n) is 6.72. The zero-order chi connectivity index (χ0) is 24.7. The fourth-order valence-electron chi connectivity index (χ4n) is 4.89. The van der Waals surface area contributed by atoms with Gasteiger partial charge in [-0.05, 0) is 37.6 Å². The van der Waals surface area contributed by atoms with Gasteiger partial charge in [-0.1, -0.05) is 18.2 Å². The van der Waals surface area contributed by atoms with Gasteiger partial charge >= 0.3 is 6.09 Å². The quantitative estimate of drug-likeness (QED) is 0.573. The van der Waals surface area contributed by atoms with Gasteiger partial charge in [0.05, 0.1) is 17.7 Å². The van der Waals surface area contributed by atoms with Gasteiger partial charge in [0, 0.05) is 62.4 Å². The van der Waals surface area contributed by atoms with Gasteiger partial charge in [-0.15, -0.1) is 0 Å². The van der Waals surface area contributed by atoms with Crippen LogP contribution < -0.4 is 4.74 Å². The summed E-state index contributed by atoms with van der Waals surface area (Å²) in [6, 6.07) is 9.64.